The van der Waals surface area contributed by atoms with E-state index in [1.165, 1.54) is 0 Å². The Morgan fingerprint density at radius 2 is 1.72 bits per heavy atom. The standard InChI is InChI=1S/C31H36ClN9O2/c1-41(2)31-34-17-24(18-35-31)23-5-3-4-20(14-23)15-26(37-28(42)22-8-6-19(16-33)7-9-22)29(43)36-25-12-10-21(11-13-25)27-38-30(32)40-39-27/h3-5,10-14,17-19,22,26H,6-9,15-16,33H2,1-2H3,(H,36,43)(H,37,42)(H,38,39,40)/t19?,22?,26-/m0/s1. The van der Waals surface area contributed by atoms with Crippen molar-refractivity contribution < 1.29 is 9.59 Å². The number of rotatable bonds is 10. The second-order valence-electron chi connectivity index (χ2n) is 11.1. The number of amides is 2. The van der Waals surface area contributed by atoms with Gasteiger partial charge in [0.1, 0.15) is 6.04 Å². The molecular weight excluding hydrogens is 566 g/mol. The summed E-state index contributed by atoms with van der Waals surface area (Å²) in [7, 11) is 3.78. The molecule has 5 rings (SSSR count). The molecule has 2 heterocycles. The van der Waals surface area contributed by atoms with Gasteiger partial charge in [0.25, 0.3) is 0 Å². The van der Waals surface area contributed by atoms with Gasteiger partial charge in [-0.2, -0.15) is 0 Å². The summed E-state index contributed by atoms with van der Waals surface area (Å²) >= 11 is 5.85. The first-order valence-electron chi connectivity index (χ1n) is 14.4. The zero-order valence-electron chi connectivity index (χ0n) is 24.3. The van der Waals surface area contributed by atoms with Gasteiger partial charge in [-0.15, -0.1) is 10.2 Å². The molecule has 0 aliphatic heterocycles. The lowest BCUT2D eigenvalue weighted by Crippen LogP contribution is -2.48. The van der Waals surface area contributed by atoms with Crippen molar-refractivity contribution in [1.29, 1.82) is 0 Å². The highest BCUT2D eigenvalue weighted by Crippen LogP contribution is 2.29. The summed E-state index contributed by atoms with van der Waals surface area (Å²) < 4.78 is 0. The van der Waals surface area contributed by atoms with Gasteiger partial charge in [-0.05, 0) is 85.1 Å². The SMILES string of the molecule is CN(C)c1ncc(-c2cccc(C[C@H](NC(=O)C3CCC(CN)CC3)C(=O)Nc3ccc(-c4nnc(Cl)[nH]4)cc3)c2)cn1. The normalized spacial score (nSPS) is 17.2. The average molecular weight is 602 g/mol. The number of nitrogens with two attached hydrogens (primary N) is 1. The molecule has 2 aromatic heterocycles. The van der Waals surface area contributed by atoms with Crippen LogP contribution in [0.2, 0.25) is 5.28 Å². The molecule has 2 amide bonds. The van der Waals surface area contributed by atoms with E-state index in [0.29, 0.717) is 36.3 Å². The van der Waals surface area contributed by atoms with E-state index in [2.05, 4.69) is 35.8 Å². The molecule has 2 aromatic carbocycles. The highest BCUT2D eigenvalue weighted by Gasteiger charge is 2.29. The maximum atomic E-state index is 13.6. The lowest BCUT2D eigenvalue weighted by Gasteiger charge is -2.28. The maximum Gasteiger partial charge on any atom is 0.247 e. The fourth-order valence-corrected chi connectivity index (χ4v) is 5.41. The van der Waals surface area contributed by atoms with Gasteiger partial charge in [0.15, 0.2) is 5.82 Å². The number of halogens is 1. The third kappa shape index (κ3) is 7.74. The number of aromatic nitrogens is 5. The van der Waals surface area contributed by atoms with Crippen molar-refractivity contribution in [2.45, 2.75) is 38.1 Å². The van der Waals surface area contributed by atoms with Crippen molar-refractivity contribution in [2.24, 2.45) is 17.6 Å². The summed E-state index contributed by atoms with van der Waals surface area (Å²) in [6.07, 6.45) is 7.26. The number of carbonyl (C=O) groups excluding carboxylic acids is 2. The molecule has 0 unspecified atom stereocenters. The van der Waals surface area contributed by atoms with Crippen LogP contribution < -0.4 is 21.3 Å². The van der Waals surface area contributed by atoms with Crippen molar-refractivity contribution in [3.05, 3.63) is 71.8 Å². The fraction of sp³-hybridized carbons (Fsp3) is 0.355. The summed E-state index contributed by atoms with van der Waals surface area (Å²) in [6, 6.07) is 14.2. The quantitative estimate of drug-likeness (QED) is 0.212. The molecule has 0 bridgehead atoms. The van der Waals surface area contributed by atoms with Crippen LogP contribution >= 0.6 is 11.6 Å². The minimum atomic E-state index is -0.782. The molecule has 1 aliphatic carbocycles. The largest absolute Gasteiger partial charge is 0.347 e. The molecule has 5 N–H and O–H groups in total. The Hall–Kier alpha value is -4.35. The van der Waals surface area contributed by atoms with Crippen LogP contribution in [0, 0.1) is 11.8 Å². The maximum absolute atomic E-state index is 13.6. The molecule has 224 valence electrons. The first-order valence-corrected chi connectivity index (χ1v) is 14.8. The molecule has 12 heteroatoms. The zero-order chi connectivity index (χ0) is 30.3. The number of benzene rings is 2. The van der Waals surface area contributed by atoms with E-state index < -0.39 is 6.04 Å². The summed E-state index contributed by atoms with van der Waals surface area (Å²) in [5.41, 5.74) is 9.90. The molecule has 43 heavy (non-hydrogen) atoms. The molecule has 0 spiro atoms. The van der Waals surface area contributed by atoms with Crippen molar-refractivity contribution >= 4 is 35.1 Å². The van der Waals surface area contributed by atoms with Gasteiger partial charge in [-0.1, -0.05) is 24.3 Å². The van der Waals surface area contributed by atoms with E-state index >= 15 is 0 Å². The molecule has 0 saturated heterocycles. The van der Waals surface area contributed by atoms with Crippen LogP contribution in [0.3, 0.4) is 0 Å². The Labute approximate surface area is 255 Å². The monoisotopic (exact) mass is 601 g/mol. The van der Waals surface area contributed by atoms with Gasteiger partial charge in [0, 0.05) is 55.6 Å². The summed E-state index contributed by atoms with van der Waals surface area (Å²) in [5.74, 6) is 1.07. The Morgan fingerprint density at radius 1 is 1.00 bits per heavy atom. The Kier molecular flexibility index (Phi) is 9.63. The van der Waals surface area contributed by atoms with Gasteiger partial charge < -0.3 is 26.3 Å². The van der Waals surface area contributed by atoms with Crippen LogP contribution in [0.1, 0.15) is 31.2 Å². The number of hydrogen-bond acceptors (Lipinski definition) is 8. The van der Waals surface area contributed by atoms with Crippen LogP contribution in [0.25, 0.3) is 22.5 Å². The van der Waals surface area contributed by atoms with E-state index in [0.717, 1.165) is 47.9 Å². The highest BCUT2D eigenvalue weighted by atomic mass is 35.5. The van der Waals surface area contributed by atoms with E-state index in [1.54, 1.807) is 24.5 Å². The van der Waals surface area contributed by atoms with Crippen LogP contribution in [0.5, 0.6) is 0 Å². The number of nitrogens with zero attached hydrogens (tertiary/aromatic N) is 5. The van der Waals surface area contributed by atoms with E-state index in [-0.39, 0.29) is 23.0 Å². The number of carbonyl (C=O) groups is 2. The molecule has 4 aromatic rings. The van der Waals surface area contributed by atoms with E-state index in [4.69, 9.17) is 17.3 Å². The second kappa shape index (κ2) is 13.7. The van der Waals surface area contributed by atoms with Gasteiger partial charge in [0.2, 0.25) is 23.0 Å². The van der Waals surface area contributed by atoms with Gasteiger partial charge in [-0.25, -0.2) is 9.97 Å². The third-order valence-electron chi connectivity index (χ3n) is 7.81. The number of H-pyrrole nitrogens is 1. The summed E-state index contributed by atoms with van der Waals surface area (Å²) in [4.78, 5) is 40.5. The van der Waals surface area contributed by atoms with Gasteiger partial charge in [0.05, 0.1) is 0 Å². The van der Waals surface area contributed by atoms with Crippen molar-refractivity contribution in [3.8, 4) is 22.5 Å². The van der Waals surface area contributed by atoms with Gasteiger partial charge >= 0.3 is 0 Å². The van der Waals surface area contributed by atoms with Crippen LogP contribution in [0.15, 0.2) is 60.9 Å². The summed E-state index contributed by atoms with van der Waals surface area (Å²) in [6.45, 7) is 0.640. The number of hydrogen-bond donors (Lipinski definition) is 4. The molecule has 1 atom stereocenters. The number of nitrogens with one attached hydrogen (secondary N) is 3. The Bertz CT molecular complexity index is 1530. The Morgan fingerprint density at radius 3 is 2.35 bits per heavy atom. The minimum absolute atomic E-state index is 0.100. The Balaban J connectivity index is 1.33. The van der Waals surface area contributed by atoms with Crippen LogP contribution in [0.4, 0.5) is 11.6 Å². The fourth-order valence-electron chi connectivity index (χ4n) is 5.29. The number of aromatic amines is 1. The molecular formula is C31H36ClN9O2. The van der Waals surface area contributed by atoms with Crippen molar-refractivity contribution in [3.63, 3.8) is 0 Å². The van der Waals surface area contributed by atoms with E-state index in [9.17, 15) is 9.59 Å². The summed E-state index contributed by atoms with van der Waals surface area (Å²) in [5, 5.41) is 14.0. The lowest BCUT2D eigenvalue weighted by atomic mass is 9.81. The first-order chi connectivity index (χ1) is 20.8. The lowest BCUT2D eigenvalue weighted by molar-refractivity contribution is -0.130. The molecule has 1 saturated carbocycles. The van der Waals surface area contributed by atoms with Crippen LogP contribution in [-0.2, 0) is 16.0 Å². The predicted octanol–water partition coefficient (Wildman–Crippen LogP) is 4.08. The topological polar surface area (TPSA) is 155 Å². The third-order valence-corrected chi connectivity index (χ3v) is 7.98. The number of anilines is 2. The first kappa shape index (κ1) is 30.1. The second-order valence-corrected chi connectivity index (χ2v) is 11.5. The molecule has 11 nitrogen and oxygen atoms in total. The molecule has 0 radical (unpaired) electrons. The van der Waals surface area contributed by atoms with Crippen LogP contribution in [-0.4, -0.2) is 63.6 Å². The van der Waals surface area contributed by atoms with Crippen molar-refractivity contribution in [1.82, 2.24) is 30.5 Å². The average Bonchev–Trinajstić information content (AvgIpc) is 3.47. The van der Waals surface area contributed by atoms with Crippen molar-refractivity contribution in [2.75, 3.05) is 30.9 Å². The smallest absolute Gasteiger partial charge is 0.247 e. The van der Waals surface area contributed by atoms with Gasteiger partial charge in [-0.3, -0.25) is 9.59 Å². The molecule has 1 fully saturated rings. The molecule has 1 aliphatic rings. The van der Waals surface area contributed by atoms with E-state index in [1.807, 2.05) is 55.4 Å². The zero-order valence-corrected chi connectivity index (χ0v) is 25.0. The highest BCUT2D eigenvalue weighted by molar-refractivity contribution is 6.28. The minimum Gasteiger partial charge on any atom is -0.347 e. The predicted molar refractivity (Wildman–Crippen MR) is 167 cm³/mol.